The maximum absolute atomic E-state index is 12.9. The fourth-order valence-corrected chi connectivity index (χ4v) is 3.35. The van der Waals surface area contributed by atoms with E-state index in [1.165, 1.54) is 12.1 Å². The van der Waals surface area contributed by atoms with Gasteiger partial charge in [0.15, 0.2) is 5.78 Å². The number of likely N-dealkylation sites (tertiary alicyclic amines) is 1. The molecule has 1 amide bonds. The van der Waals surface area contributed by atoms with Gasteiger partial charge in [-0.05, 0) is 31.4 Å². The number of aryl methyl sites for hydroxylation is 1. The summed E-state index contributed by atoms with van der Waals surface area (Å²) in [6.07, 6.45) is 2.13. The third-order valence-corrected chi connectivity index (χ3v) is 4.83. The zero-order valence-electron chi connectivity index (χ0n) is 15.2. The third-order valence-electron chi connectivity index (χ3n) is 4.83. The van der Waals surface area contributed by atoms with Crippen LogP contribution >= 0.6 is 0 Å². The van der Waals surface area contributed by atoms with Gasteiger partial charge in [0.05, 0.1) is 11.3 Å². The molecule has 1 aromatic carbocycles. The zero-order chi connectivity index (χ0) is 20.1. The minimum absolute atomic E-state index is 0.0358. The second-order valence-corrected chi connectivity index (χ2v) is 6.82. The molecular weight excluding hydrogens is 371 g/mol. The molecule has 0 spiro atoms. The van der Waals surface area contributed by atoms with E-state index < -0.39 is 17.7 Å². The number of piperidine rings is 1. The first-order chi connectivity index (χ1) is 13.3. The summed E-state index contributed by atoms with van der Waals surface area (Å²) in [6.45, 7) is 0.778. The van der Waals surface area contributed by atoms with Gasteiger partial charge in [-0.25, -0.2) is 0 Å². The highest BCUT2D eigenvalue weighted by atomic mass is 19.4. The first-order valence-corrected chi connectivity index (χ1v) is 9.09. The van der Waals surface area contributed by atoms with Crippen LogP contribution in [0.25, 0.3) is 0 Å². The standard InChI is InChI=1S/C20H20F3N3O2/c21-20(22,23)16-5-1-3-14(11-16)19(28)15-4-2-10-26(13-15)18(27)7-6-17-12-24-8-9-25-17/h1,3,5,8-9,11-12,15H,2,4,6-7,10,13H2/t15-/m0/s1. The molecule has 8 heteroatoms. The fourth-order valence-electron chi connectivity index (χ4n) is 3.35. The molecule has 2 aromatic rings. The van der Waals surface area contributed by atoms with Crippen LogP contribution in [-0.4, -0.2) is 39.6 Å². The Balaban J connectivity index is 1.62. The van der Waals surface area contributed by atoms with Gasteiger partial charge in [-0.15, -0.1) is 0 Å². The van der Waals surface area contributed by atoms with Crippen LogP contribution in [0.5, 0.6) is 0 Å². The lowest BCUT2D eigenvalue weighted by atomic mass is 9.89. The summed E-state index contributed by atoms with van der Waals surface area (Å²) in [7, 11) is 0. The number of ketones is 1. The molecule has 5 nitrogen and oxygen atoms in total. The smallest absolute Gasteiger partial charge is 0.342 e. The lowest BCUT2D eigenvalue weighted by Gasteiger charge is -2.32. The van der Waals surface area contributed by atoms with Crippen molar-refractivity contribution in [2.24, 2.45) is 5.92 Å². The van der Waals surface area contributed by atoms with Gasteiger partial charge in [0.2, 0.25) is 5.91 Å². The number of hydrogen-bond acceptors (Lipinski definition) is 4. The fraction of sp³-hybridized carbons (Fsp3) is 0.400. The van der Waals surface area contributed by atoms with Crippen LogP contribution in [0.4, 0.5) is 13.2 Å². The number of amides is 1. The van der Waals surface area contributed by atoms with E-state index in [4.69, 9.17) is 0 Å². The van der Waals surface area contributed by atoms with Crippen LogP contribution < -0.4 is 0 Å². The van der Waals surface area contributed by atoms with Crippen LogP contribution in [0.1, 0.15) is 40.9 Å². The Morgan fingerprint density at radius 1 is 1.21 bits per heavy atom. The number of Topliss-reactive ketones (excluding diaryl/α,β-unsaturated/α-hetero) is 1. The highest BCUT2D eigenvalue weighted by Crippen LogP contribution is 2.30. The van der Waals surface area contributed by atoms with Gasteiger partial charge < -0.3 is 4.90 Å². The van der Waals surface area contributed by atoms with E-state index in [2.05, 4.69) is 9.97 Å². The minimum Gasteiger partial charge on any atom is -0.342 e. The molecule has 3 rings (SSSR count). The molecule has 28 heavy (non-hydrogen) atoms. The van der Waals surface area contributed by atoms with E-state index >= 15 is 0 Å². The van der Waals surface area contributed by atoms with E-state index in [9.17, 15) is 22.8 Å². The Labute approximate surface area is 160 Å². The summed E-state index contributed by atoms with van der Waals surface area (Å²) < 4.78 is 38.7. The molecule has 0 radical (unpaired) electrons. The van der Waals surface area contributed by atoms with Gasteiger partial charge in [-0.2, -0.15) is 13.2 Å². The topological polar surface area (TPSA) is 63.2 Å². The molecule has 0 N–H and O–H groups in total. The van der Waals surface area contributed by atoms with E-state index in [1.807, 2.05) is 0 Å². The molecule has 0 unspecified atom stereocenters. The molecule has 0 aliphatic carbocycles. The van der Waals surface area contributed by atoms with E-state index in [0.29, 0.717) is 31.5 Å². The molecule has 1 aliphatic rings. The molecule has 1 atom stereocenters. The van der Waals surface area contributed by atoms with Crippen LogP contribution in [0, 0.1) is 5.92 Å². The summed E-state index contributed by atoms with van der Waals surface area (Å²) in [6, 6.07) is 4.46. The van der Waals surface area contributed by atoms with Crippen molar-refractivity contribution in [3.63, 3.8) is 0 Å². The molecule has 0 bridgehead atoms. The summed E-state index contributed by atoms with van der Waals surface area (Å²) in [5, 5.41) is 0. The normalized spacial score (nSPS) is 17.4. The SMILES string of the molecule is O=C(c1cccc(C(F)(F)F)c1)[C@H]1CCCN(C(=O)CCc2cnccn2)C1. The largest absolute Gasteiger partial charge is 0.416 e. The average molecular weight is 391 g/mol. The number of halogens is 3. The quantitative estimate of drug-likeness (QED) is 0.732. The lowest BCUT2D eigenvalue weighted by Crippen LogP contribution is -2.42. The highest BCUT2D eigenvalue weighted by molar-refractivity contribution is 5.98. The molecule has 2 heterocycles. The van der Waals surface area contributed by atoms with Gasteiger partial charge in [0.25, 0.3) is 0 Å². The van der Waals surface area contributed by atoms with E-state index in [1.54, 1.807) is 23.5 Å². The summed E-state index contributed by atoms with van der Waals surface area (Å²) in [4.78, 5) is 34.9. The number of carbonyl (C=O) groups is 2. The van der Waals surface area contributed by atoms with Crippen molar-refractivity contribution in [3.05, 3.63) is 59.7 Å². The maximum Gasteiger partial charge on any atom is 0.416 e. The van der Waals surface area contributed by atoms with Gasteiger partial charge in [-0.3, -0.25) is 19.6 Å². The molecule has 0 saturated carbocycles. The van der Waals surface area contributed by atoms with Crippen LogP contribution in [0.2, 0.25) is 0 Å². The van der Waals surface area contributed by atoms with Gasteiger partial charge in [0.1, 0.15) is 0 Å². The summed E-state index contributed by atoms with van der Waals surface area (Å²) >= 11 is 0. The number of hydrogen-bond donors (Lipinski definition) is 0. The van der Waals surface area contributed by atoms with Gasteiger partial charge >= 0.3 is 6.18 Å². The molecule has 1 aromatic heterocycles. The van der Waals surface area contributed by atoms with Crippen molar-refractivity contribution in [3.8, 4) is 0 Å². The Hall–Kier alpha value is -2.77. The van der Waals surface area contributed by atoms with E-state index in [0.717, 1.165) is 12.1 Å². The van der Waals surface area contributed by atoms with Crippen molar-refractivity contribution in [2.75, 3.05) is 13.1 Å². The van der Waals surface area contributed by atoms with Crippen LogP contribution in [-0.2, 0) is 17.4 Å². The van der Waals surface area contributed by atoms with Crippen molar-refractivity contribution in [2.45, 2.75) is 31.9 Å². The average Bonchev–Trinajstić information content (AvgIpc) is 2.72. The van der Waals surface area contributed by atoms with Crippen molar-refractivity contribution in [1.82, 2.24) is 14.9 Å². The number of carbonyl (C=O) groups excluding carboxylic acids is 2. The number of rotatable bonds is 5. The van der Waals surface area contributed by atoms with Crippen LogP contribution in [0.3, 0.4) is 0 Å². The minimum atomic E-state index is -4.49. The van der Waals surface area contributed by atoms with Crippen molar-refractivity contribution >= 4 is 11.7 Å². The first kappa shape index (κ1) is 20.0. The summed E-state index contributed by atoms with van der Waals surface area (Å²) in [5.41, 5.74) is -0.0933. The van der Waals surface area contributed by atoms with Crippen LogP contribution in [0.15, 0.2) is 42.9 Å². The second-order valence-electron chi connectivity index (χ2n) is 6.82. The Morgan fingerprint density at radius 3 is 2.75 bits per heavy atom. The predicted octanol–water partition coefficient (Wildman–Crippen LogP) is 3.55. The van der Waals surface area contributed by atoms with Gasteiger partial charge in [0, 0.05) is 49.6 Å². The van der Waals surface area contributed by atoms with Gasteiger partial charge in [-0.1, -0.05) is 12.1 Å². The number of alkyl halides is 3. The first-order valence-electron chi connectivity index (χ1n) is 9.09. The second kappa shape index (κ2) is 8.50. The molecule has 1 aliphatic heterocycles. The zero-order valence-corrected chi connectivity index (χ0v) is 15.2. The molecule has 148 valence electrons. The Kier molecular flexibility index (Phi) is 6.06. The Bertz CT molecular complexity index is 840. The van der Waals surface area contributed by atoms with Crippen molar-refractivity contribution in [1.29, 1.82) is 0 Å². The molecule has 1 saturated heterocycles. The highest BCUT2D eigenvalue weighted by Gasteiger charge is 2.33. The number of benzene rings is 1. The predicted molar refractivity (Wildman–Crippen MR) is 95.4 cm³/mol. The summed E-state index contributed by atoms with van der Waals surface area (Å²) in [5.74, 6) is -0.928. The van der Waals surface area contributed by atoms with E-state index in [-0.39, 0.29) is 30.2 Å². The monoisotopic (exact) mass is 391 g/mol. The van der Waals surface area contributed by atoms with Crippen molar-refractivity contribution < 1.29 is 22.8 Å². The number of aromatic nitrogens is 2. The number of nitrogens with zero attached hydrogens (tertiary/aromatic N) is 3. The third kappa shape index (κ3) is 4.94. The maximum atomic E-state index is 12.9. The molecular formula is C20H20F3N3O2. The lowest BCUT2D eigenvalue weighted by molar-refractivity contribution is -0.137. The Morgan fingerprint density at radius 2 is 2.04 bits per heavy atom. The molecule has 1 fully saturated rings.